The Labute approximate surface area is 393 Å². The average Bonchev–Trinajstić information content (AvgIpc) is 3.25. The van der Waals surface area contributed by atoms with Crippen LogP contribution in [0.5, 0.6) is 0 Å². The zero-order valence-corrected chi connectivity index (χ0v) is 42.6. The first-order valence-corrected chi connectivity index (χ1v) is 27.1. The van der Waals surface area contributed by atoms with Crippen molar-refractivity contribution in [1.29, 1.82) is 0 Å². The van der Waals surface area contributed by atoms with Gasteiger partial charge in [-0.05, 0) is 83.5 Å². The van der Waals surface area contributed by atoms with Gasteiger partial charge in [0, 0.05) is 12.8 Å². The summed E-state index contributed by atoms with van der Waals surface area (Å²) in [5.74, 6) is -0.873. The van der Waals surface area contributed by atoms with E-state index in [1.807, 2.05) is 21.1 Å². The van der Waals surface area contributed by atoms with Gasteiger partial charge in [-0.25, -0.2) is 0 Å². The van der Waals surface area contributed by atoms with Crippen LogP contribution in [-0.4, -0.2) is 70.0 Å². The van der Waals surface area contributed by atoms with Gasteiger partial charge < -0.3 is 27.9 Å². The second-order valence-corrected chi connectivity index (χ2v) is 19.6. The Bertz CT molecular complexity index is 1310. The molecule has 0 N–H and O–H groups in total. The van der Waals surface area contributed by atoms with Crippen molar-refractivity contribution in [3.63, 3.8) is 0 Å². The second-order valence-electron chi connectivity index (χ2n) is 18.1. The molecule has 0 heterocycles. The molecule has 10 heteroatoms. The number of likely N-dealkylation sites (N-methyl/N-ethyl adjacent to an activating group) is 1. The molecule has 0 radical (unpaired) electrons. The lowest BCUT2D eigenvalue weighted by molar-refractivity contribution is -0.870. The van der Waals surface area contributed by atoms with E-state index in [0.717, 1.165) is 70.6 Å². The molecule has 9 nitrogen and oxygen atoms in total. The van der Waals surface area contributed by atoms with E-state index in [2.05, 4.69) is 86.8 Å². The first-order chi connectivity index (χ1) is 31.0. The van der Waals surface area contributed by atoms with E-state index in [4.69, 9.17) is 18.5 Å². The zero-order valence-electron chi connectivity index (χ0n) is 41.7. The SMILES string of the molecule is CC/C=C\C/C=C\C/C=C\C/C=C\C/C=C\CCCCCC(=O)OC[C@H](COP(=O)([O-])OCC[N+](C)(C)C)OC(=O)CCCCCCCCCCCCC/C=C\CCCCCCCC. The van der Waals surface area contributed by atoms with Gasteiger partial charge in [-0.1, -0.05) is 183 Å². The van der Waals surface area contributed by atoms with Gasteiger partial charge in [0.25, 0.3) is 7.82 Å². The van der Waals surface area contributed by atoms with Crippen molar-refractivity contribution in [3.05, 3.63) is 72.9 Å². The topological polar surface area (TPSA) is 111 Å². The van der Waals surface area contributed by atoms with Gasteiger partial charge in [-0.2, -0.15) is 0 Å². The number of rotatable bonds is 46. The van der Waals surface area contributed by atoms with E-state index < -0.39 is 32.5 Å². The monoisotopic (exact) mass is 918 g/mol. The Morgan fingerprint density at radius 2 is 0.891 bits per heavy atom. The first kappa shape index (κ1) is 61.5. The third kappa shape index (κ3) is 48.9. The highest BCUT2D eigenvalue weighted by Gasteiger charge is 2.21. The molecule has 0 amide bonds. The third-order valence-electron chi connectivity index (χ3n) is 10.7. The normalized spacial score (nSPS) is 14.0. The number of phosphoric acid groups is 1. The van der Waals surface area contributed by atoms with Gasteiger partial charge in [-0.3, -0.25) is 14.2 Å². The predicted octanol–water partition coefficient (Wildman–Crippen LogP) is 14.7. The van der Waals surface area contributed by atoms with Gasteiger partial charge in [0.05, 0.1) is 27.7 Å². The maximum absolute atomic E-state index is 12.7. The maximum atomic E-state index is 12.7. The van der Waals surface area contributed by atoms with Crippen molar-refractivity contribution in [1.82, 2.24) is 0 Å². The van der Waals surface area contributed by atoms with Crippen molar-refractivity contribution < 1.29 is 42.1 Å². The summed E-state index contributed by atoms with van der Waals surface area (Å²) in [5.41, 5.74) is 0. The van der Waals surface area contributed by atoms with Crippen molar-refractivity contribution in [3.8, 4) is 0 Å². The Hall–Kier alpha value is -2.55. The van der Waals surface area contributed by atoms with Crippen LogP contribution in [0.2, 0.25) is 0 Å². The van der Waals surface area contributed by atoms with Gasteiger partial charge in [-0.15, -0.1) is 0 Å². The lowest BCUT2D eigenvalue weighted by Gasteiger charge is -2.28. The number of allylic oxidation sites excluding steroid dienone is 12. The van der Waals surface area contributed by atoms with E-state index in [0.29, 0.717) is 23.9 Å². The van der Waals surface area contributed by atoms with Crippen molar-refractivity contribution in [2.75, 3.05) is 47.5 Å². The molecule has 0 saturated heterocycles. The van der Waals surface area contributed by atoms with Gasteiger partial charge in [0.15, 0.2) is 6.10 Å². The summed E-state index contributed by atoms with van der Waals surface area (Å²) in [6, 6.07) is 0. The fourth-order valence-corrected chi connectivity index (χ4v) is 7.46. The molecule has 0 aliphatic heterocycles. The highest BCUT2D eigenvalue weighted by atomic mass is 31.2. The minimum atomic E-state index is -4.64. The smallest absolute Gasteiger partial charge is 0.306 e. The fraction of sp³-hybridized carbons (Fsp3) is 0.741. The van der Waals surface area contributed by atoms with Crippen molar-refractivity contribution in [2.45, 2.75) is 213 Å². The summed E-state index contributed by atoms with van der Waals surface area (Å²) in [5, 5.41) is 0. The minimum absolute atomic E-state index is 0.0394. The van der Waals surface area contributed by atoms with E-state index >= 15 is 0 Å². The van der Waals surface area contributed by atoms with Crippen LogP contribution in [-0.2, 0) is 32.7 Å². The molecule has 0 bridgehead atoms. The second kappa shape index (κ2) is 45.6. The standard InChI is InChI=1S/C54H96NO8P/c1-6-8-10-12-14-16-18-20-22-24-26-27-29-31-33-35-37-39-41-43-45-47-54(57)63-52(51-62-64(58,59)61-49-48-55(3,4)5)50-60-53(56)46-44-42-40-38-36-34-32-30-28-25-23-21-19-17-15-13-11-9-7-2/h9,11,15,17,20-23,28,30,34,36,52H,6-8,10,12-14,16,18-19,24-27,29,31-33,35,37-51H2,1-5H3/b11-9-,17-15-,22-20-,23-21-,30-28-,36-34-/t52-/m1/s1. The highest BCUT2D eigenvalue weighted by molar-refractivity contribution is 7.45. The van der Waals surface area contributed by atoms with E-state index in [-0.39, 0.29) is 26.1 Å². The average molecular weight is 918 g/mol. The Morgan fingerprint density at radius 1 is 0.500 bits per heavy atom. The number of carbonyl (C=O) groups is 2. The molecule has 1 unspecified atom stereocenters. The number of esters is 2. The molecule has 0 aromatic rings. The lowest BCUT2D eigenvalue weighted by Crippen LogP contribution is -2.37. The largest absolute Gasteiger partial charge is 0.756 e. The Balaban J connectivity index is 4.31. The first-order valence-electron chi connectivity index (χ1n) is 25.6. The summed E-state index contributed by atoms with van der Waals surface area (Å²) < 4.78 is 34.0. The number of unbranched alkanes of at least 4 members (excludes halogenated alkanes) is 20. The van der Waals surface area contributed by atoms with E-state index in [1.165, 1.54) is 96.3 Å². The number of carbonyl (C=O) groups excluding carboxylic acids is 2. The lowest BCUT2D eigenvalue weighted by atomic mass is 10.0. The van der Waals surface area contributed by atoms with Crippen LogP contribution in [0.3, 0.4) is 0 Å². The van der Waals surface area contributed by atoms with E-state index in [1.54, 1.807) is 0 Å². The van der Waals surface area contributed by atoms with Crippen LogP contribution < -0.4 is 4.89 Å². The molecule has 0 aliphatic carbocycles. The molecule has 0 aliphatic rings. The summed E-state index contributed by atoms with van der Waals surface area (Å²) in [4.78, 5) is 37.7. The molecule has 0 aromatic heterocycles. The number of ether oxygens (including phenoxy) is 2. The van der Waals surface area contributed by atoms with Crippen molar-refractivity contribution >= 4 is 19.8 Å². The number of phosphoric ester groups is 1. The zero-order chi connectivity index (χ0) is 47.1. The van der Waals surface area contributed by atoms with Crippen LogP contribution in [0.1, 0.15) is 206 Å². The molecule has 370 valence electrons. The number of hydrogen-bond acceptors (Lipinski definition) is 8. The molecule has 64 heavy (non-hydrogen) atoms. The highest BCUT2D eigenvalue weighted by Crippen LogP contribution is 2.38. The van der Waals surface area contributed by atoms with Gasteiger partial charge >= 0.3 is 11.9 Å². The summed E-state index contributed by atoms with van der Waals surface area (Å²) in [6.07, 6.45) is 57.9. The molecule has 2 atom stereocenters. The molecule has 0 saturated carbocycles. The quantitative estimate of drug-likeness (QED) is 0.0195. The van der Waals surface area contributed by atoms with Crippen LogP contribution in [0, 0.1) is 0 Å². The number of hydrogen-bond donors (Lipinski definition) is 0. The maximum Gasteiger partial charge on any atom is 0.306 e. The predicted molar refractivity (Wildman–Crippen MR) is 268 cm³/mol. The number of quaternary nitrogens is 1. The molecular formula is C54H96NO8P. The Morgan fingerprint density at radius 3 is 1.36 bits per heavy atom. The van der Waals surface area contributed by atoms with Crippen LogP contribution >= 0.6 is 7.82 Å². The van der Waals surface area contributed by atoms with Gasteiger partial charge in [0.1, 0.15) is 19.8 Å². The van der Waals surface area contributed by atoms with E-state index in [9.17, 15) is 19.0 Å². The van der Waals surface area contributed by atoms with Crippen molar-refractivity contribution in [2.24, 2.45) is 0 Å². The van der Waals surface area contributed by atoms with Crippen LogP contribution in [0.25, 0.3) is 0 Å². The molecule has 0 spiro atoms. The molecule has 0 fully saturated rings. The summed E-state index contributed by atoms with van der Waals surface area (Å²) in [7, 11) is 1.14. The summed E-state index contributed by atoms with van der Waals surface area (Å²) in [6.45, 7) is 4.08. The fourth-order valence-electron chi connectivity index (χ4n) is 6.73. The van der Waals surface area contributed by atoms with Gasteiger partial charge in [0.2, 0.25) is 0 Å². The summed E-state index contributed by atoms with van der Waals surface area (Å²) >= 11 is 0. The third-order valence-corrected chi connectivity index (χ3v) is 11.7. The van der Waals surface area contributed by atoms with Crippen LogP contribution in [0.15, 0.2) is 72.9 Å². The minimum Gasteiger partial charge on any atom is -0.756 e. The molecule has 0 aromatic carbocycles. The number of nitrogens with zero attached hydrogens (tertiary/aromatic N) is 1. The molecular weight excluding hydrogens is 822 g/mol. The van der Waals surface area contributed by atoms with Crippen LogP contribution in [0.4, 0.5) is 0 Å². The molecule has 0 rings (SSSR count). The Kier molecular flexibility index (Phi) is 43.8.